The number of benzene rings is 2. The molecule has 1 N–H and O–H groups in total. The van der Waals surface area contributed by atoms with Gasteiger partial charge in [0.25, 0.3) is 0 Å². The van der Waals surface area contributed by atoms with Crippen LogP contribution in [0.1, 0.15) is 5.56 Å². The quantitative estimate of drug-likeness (QED) is 0.680. The van der Waals surface area contributed by atoms with E-state index in [9.17, 15) is 13.2 Å². The summed E-state index contributed by atoms with van der Waals surface area (Å²) in [5, 5.41) is 0.545. The summed E-state index contributed by atoms with van der Waals surface area (Å²) >= 11 is 1.32. The maximum absolute atomic E-state index is 14.2. The van der Waals surface area contributed by atoms with Crippen molar-refractivity contribution in [2.45, 2.75) is 17.2 Å². The van der Waals surface area contributed by atoms with E-state index in [1.54, 1.807) is 6.07 Å². The highest BCUT2D eigenvalue weighted by molar-refractivity contribution is 7.98. The van der Waals surface area contributed by atoms with E-state index in [0.29, 0.717) is 27.5 Å². The molecular weight excluding hydrogens is 367 g/mol. The molecule has 0 aliphatic carbocycles. The van der Waals surface area contributed by atoms with Gasteiger partial charge in [-0.1, -0.05) is 17.8 Å². The first-order valence-corrected chi connectivity index (χ1v) is 8.68. The Morgan fingerprint density at radius 1 is 1.19 bits per heavy atom. The van der Waals surface area contributed by atoms with Crippen molar-refractivity contribution in [3.8, 4) is 11.5 Å². The fourth-order valence-electron chi connectivity index (χ4n) is 2.75. The molecule has 0 atom stereocenters. The molecule has 1 aliphatic rings. The van der Waals surface area contributed by atoms with Crippen molar-refractivity contribution in [1.29, 1.82) is 0 Å². The minimum atomic E-state index is -3.66. The van der Waals surface area contributed by atoms with E-state index in [1.165, 1.54) is 30.0 Å². The summed E-state index contributed by atoms with van der Waals surface area (Å²) in [6.45, 7) is 0. The molecule has 0 amide bonds. The van der Waals surface area contributed by atoms with Crippen LogP contribution in [0.5, 0.6) is 11.5 Å². The molecule has 0 saturated heterocycles. The monoisotopic (exact) mass is 381 g/mol. The van der Waals surface area contributed by atoms with Crippen LogP contribution in [0.15, 0.2) is 35.5 Å². The van der Waals surface area contributed by atoms with E-state index in [-0.39, 0.29) is 17.3 Å². The lowest BCUT2D eigenvalue weighted by atomic mass is 10.2. The summed E-state index contributed by atoms with van der Waals surface area (Å²) in [4.78, 5) is 9.22. The summed E-state index contributed by atoms with van der Waals surface area (Å²) in [5.74, 6) is -0.0331. The van der Waals surface area contributed by atoms with Crippen LogP contribution in [0, 0.1) is 5.82 Å². The van der Waals surface area contributed by atoms with Gasteiger partial charge in [0.2, 0.25) is 0 Å². The molecule has 3 aromatic rings. The molecule has 5 nitrogen and oxygen atoms in total. The predicted molar refractivity (Wildman–Crippen MR) is 92.6 cm³/mol. The van der Waals surface area contributed by atoms with Crippen molar-refractivity contribution in [2.75, 3.05) is 19.0 Å². The molecule has 0 spiro atoms. The number of rotatable bonds is 4. The van der Waals surface area contributed by atoms with E-state index in [0.717, 1.165) is 5.69 Å². The summed E-state index contributed by atoms with van der Waals surface area (Å²) < 4.78 is 49.2. The topological polar surface area (TPSA) is 50.4 Å². The highest BCUT2D eigenvalue weighted by atomic mass is 32.2. The van der Waals surface area contributed by atoms with Gasteiger partial charge in [0, 0.05) is 43.2 Å². The van der Waals surface area contributed by atoms with Crippen LogP contribution in [-0.2, 0) is 5.75 Å². The Bertz CT molecular complexity index is 946. The number of halogens is 3. The normalized spacial score (nSPS) is 14.8. The van der Waals surface area contributed by atoms with E-state index in [1.807, 2.05) is 25.1 Å². The zero-order chi connectivity index (χ0) is 18.5. The van der Waals surface area contributed by atoms with Crippen LogP contribution in [0.3, 0.4) is 0 Å². The third kappa shape index (κ3) is 3.03. The van der Waals surface area contributed by atoms with Crippen LogP contribution in [0.4, 0.5) is 18.9 Å². The summed E-state index contributed by atoms with van der Waals surface area (Å²) in [6.07, 6.45) is -3.66. The molecule has 4 rings (SSSR count). The van der Waals surface area contributed by atoms with Crippen LogP contribution in [0.25, 0.3) is 11.0 Å². The Labute approximate surface area is 151 Å². The Kier molecular flexibility index (Phi) is 3.91. The molecule has 9 heteroatoms. The van der Waals surface area contributed by atoms with Gasteiger partial charge in [-0.25, -0.2) is 9.37 Å². The van der Waals surface area contributed by atoms with Crippen molar-refractivity contribution in [1.82, 2.24) is 9.97 Å². The lowest BCUT2D eigenvalue weighted by Gasteiger charge is -2.17. The minimum absolute atomic E-state index is 0.0494. The molecular formula is C17H14F3N3O2S. The van der Waals surface area contributed by atoms with Gasteiger partial charge < -0.3 is 19.4 Å². The molecule has 1 aliphatic heterocycles. The number of hydrogen-bond acceptors (Lipinski definition) is 5. The third-order valence-corrected chi connectivity index (χ3v) is 4.81. The van der Waals surface area contributed by atoms with Crippen LogP contribution >= 0.6 is 11.8 Å². The number of H-pyrrole nitrogens is 1. The summed E-state index contributed by atoms with van der Waals surface area (Å²) in [5.41, 5.74) is 2.36. The van der Waals surface area contributed by atoms with Crippen LogP contribution in [-0.4, -0.2) is 30.4 Å². The number of alkyl halides is 2. The number of ether oxygens (including phenoxy) is 2. The largest absolute Gasteiger partial charge is 0.586 e. The fourth-order valence-corrected chi connectivity index (χ4v) is 3.66. The molecule has 2 heterocycles. The second-order valence-corrected chi connectivity index (χ2v) is 6.91. The molecule has 0 saturated carbocycles. The summed E-state index contributed by atoms with van der Waals surface area (Å²) in [7, 11) is 3.70. The molecule has 0 bridgehead atoms. The molecule has 2 aromatic carbocycles. The Morgan fingerprint density at radius 2 is 1.92 bits per heavy atom. The lowest BCUT2D eigenvalue weighted by Crippen LogP contribution is -2.25. The number of imidazole rings is 1. The number of aromatic amines is 1. The van der Waals surface area contributed by atoms with Gasteiger partial charge in [-0.3, -0.25) is 0 Å². The van der Waals surface area contributed by atoms with Crippen LogP contribution < -0.4 is 14.4 Å². The van der Waals surface area contributed by atoms with Crippen molar-refractivity contribution < 1.29 is 22.6 Å². The second kappa shape index (κ2) is 6.01. The molecule has 0 fully saturated rings. The fraction of sp³-hybridized carbons (Fsp3) is 0.235. The van der Waals surface area contributed by atoms with Crippen molar-refractivity contribution >= 4 is 28.5 Å². The Hall–Kier alpha value is -2.55. The molecule has 26 heavy (non-hydrogen) atoms. The number of hydrogen-bond donors (Lipinski definition) is 1. The first kappa shape index (κ1) is 16.9. The van der Waals surface area contributed by atoms with E-state index < -0.39 is 6.29 Å². The van der Waals surface area contributed by atoms with Gasteiger partial charge in [-0.05, 0) is 12.1 Å². The van der Waals surface area contributed by atoms with Gasteiger partial charge in [0.1, 0.15) is 5.82 Å². The zero-order valence-corrected chi connectivity index (χ0v) is 14.7. The zero-order valence-electron chi connectivity index (χ0n) is 13.8. The number of thioether (sulfide) groups is 1. The van der Waals surface area contributed by atoms with Gasteiger partial charge >= 0.3 is 6.29 Å². The number of fused-ring (bicyclic) bond motifs is 2. The molecule has 0 radical (unpaired) electrons. The second-order valence-electron chi connectivity index (χ2n) is 5.95. The minimum Gasteiger partial charge on any atom is -0.395 e. The van der Waals surface area contributed by atoms with Gasteiger partial charge in [-0.2, -0.15) is 0 Å². The summed E-state index contributed by atoms with van der Waals surface area (Å²) in [6, 6.07) is 7.73. The van der Waals surface area contributed by atoms with E-state index >= 15 is 0 Å². The Balaban J connectivity index is 1.58. The molecule has 1 aromatic heterocycles. The highest BCUT2D eigenvalue weighted by Gasteiger charge is 2.43. The number of anilines is 1. The average molecular weight is 381 g/mol. The van der Waals surface area contributed by atoms with Gasteiger partial charge in [0.15, 0.2) is 16.7 Å². The first-order valence-electron chi connectivity index (χ1n) is 7.69. The smallest absolute Gasteiger partial charge is 0.395 e. The maximum atomic E-state index is 14.2. The maximum Gasteiger partial charge on any atom is 0.586 e. The van der Waals surface area contributed by atoms with Crippen molar-refractivity contribution in [3.63, 3.8) is 0 Å². The molecule has 136 valence electrons. The van der Waals surface area contributed by atoms with E-state index in [2.05, 4.69) is 19.4 Å². The third-order valence-electron chi connectivity index (χ3n) is 3.91. The van der Waals surface area contributed by atoms with Crippen LogP contribution in [0.2, 0.25) is 0 Å². The number of aromatic nitrogens is 2. The number of nitrogens with one attached hydrogen (secondary N) is 1. The van der Waals surface area contributed by atoms with Gasteiger partial charge in [0.05, 0.1) is 11.0 Å². The van der Waals surface area contributed by atoms with E-state index in [4.69, 9.17) is 0 Å². The predicted octanol–water partition coefficient (Wildman–Crippen LogP) is 4.38. The van der Waals surface area contributed by atoms with Crippen molar-refractivity contribution in [3.05, 3.63) is 41.7 Å². The SMILES string of the molecule is CN(C)c1cccc(F)c1CSc1nc2cc3c(cc2[nH]1)OC(F)(F)O3. The lowest BCUT2D eigenvalue weighted by molar-refractivity contribution is -0.286. The highest BCUT2D eigenvalue weighted by Crippen LogP contribution is 2.43. The Morgan fingerprint density at radius 3 is 2.65 bits per heavy atom. The standard InChI is InChI=1S/C17H14F3N3O2S/c1-23(2)13-5-3-4-10(18)9(13)8-26-16-21-11-6-14-15(7-12(11)22-16)25-17(19,20)24-14/h3-7H,8H2,1-2H3,(H,21,22). The first-order chi connectivity index (χ1) is 12.3. The number of nitrogens with zero attached hydrogens (tertiary/aromatic N) is 2. The average Bonchev–Trinajstić information content (AvgIpc) is 3.07. The molecule has 0 unspecified atom stereocenters. The van der Waals surface area contributed by atoms with Crippen molar-refractivity contribution in [2.24, 2.45) is 0 Å². The van der Waals surface area contributed by atoms with Gasteiger partial charge in [-0.15, -0.1) is 8.78 Å².